The van der Waals surface area contributed by atoms with E-state index < -0.39 is 10.0 Å². The third kappa shape index (κ3) is 4.09. The van der Waals surface area contributed by atoms with Gasteiger partial charge in [-0.1, -0.05) is 17.8 Å². The largest absolute Gasteiger partial charge is 0.325 e. The Balaban J connectivity index is 1.51. The summed E-state index contributed by atoms with van der Waals surface area (Å²) in [6.07, 6.45) is 2.99. The third-order valence-corrected chi connectivity index (χ3v) is 9.64. The highest BCUT2D eigenvalue weighted by molar-refractivity contribution is 7.99. The van der Waals surface area contributed by atoms with E-state index >= 15 is 0 Å². The Bertz CT molecular complexity index is 1390. The fraction of sp³-hybridized carbons (Fsp3) is 0.381. The van der Waals surface area contributed by atoms with Crippen molar-refractivity contribution in [3.05, 3.63) is 44.6 Å². The van der Waals surface area contributed by atoms with Gasteiger partial charge < -0.3 is 5.32 Å². The second kappa shape index (κ2) is 8.62. The predicted octanol–water partition coefficient (Wildman–Crippen LogP) is 2.77. The average molecular weight is 493 g/mol. The Hall–Kier alpha value is -2.21. The Kier molecular flexibility index (Phi) is 6.19. The maximum Gasteiger partial charge on any atom is 0.262 e. The lowest BCUT2D eigenvalue weighted by Gasteiger charge is -2.15. The zero-order valence-corrected chi connectivity index (χ0v) is 20.7. The van der Waals surface area contributed by atoms with Gasteiger partial charge in [-0.15, -0.1) is 11.3 Å². The van der Waals surface area contributed by atoms with Crippen LogP contribution in [0.25, 0.3) is 10.2 Å². The van der Waals surface area contributed by atoms with Crippen molar-refractivity contribution in [2.45, 2.75) is 36.2 Å². The first-order valence-electron chi connectivity index (χ1n) is 10.1. The molecule has 1 amide bonds. The predicted molar refractivity (Wildman–Crippen MR) is 128 cm³/mol. The van der Waals surface area contributed by atoms with Crippen LogP contribution >= 0.6 is 23.1 Å². The first kappa shape index (κ1) is 23.0. The first-order chi connectivity index (χ1) is 15.1. The van der Waals surface area contributed by atoms with E-state index in [0.29, 0.717) is 21.8 Å². The second-order valence-electron chi connectivity index (χ2n) is 7.90. The maximum atomic E-state index is 12.9. The van der Waals surface area contributed by atoms with Gasteiger partial charge in [0, 0.05) is 31.7 Å². The molecular formula is C21H24N4O4S3. The topological polar surface area (TPSA) is 101 Å². The van der Waals surface area contributed by atoms with Crippen molar-refractivity contribution < 1.29 is 13.2 Å². The molecule has 3 aromatic rings. The Labute approximate surface area is 194 Å². The molecule has 0 aliphatic heterocycles. The van der Waals surface area contributed by atoms with Crippen molar-refractivity contribution in [3.63, 3.8) is 0 Å². The summed E-state index contributed by atoms with van der Waals surface area (Å²) in [5, 5.41) is 3.94. The van der Waals surface area contributed by atoms with E-state index in [2.05, 4.69) is 10.3 Å². The van der Waals surface area contributed by atoms with Crippen LogP contribution in [0.2, 0.25) is 0 Å². The molecule has 2 heterocycles. The number of benzene rings is 1. The van der Waals surface area contributed by atoms with E-state index in [4.69, 9.17) is 0 Å². The Morgan fingerprint density at radius 3 is 2.78 bits per heavy atom. The van der Waals surface area contributed by atoms with Crippen LogP contribution in [0.15, 0.2) is 33.0 Å². The maximum absolute atomic E-state index is 12.9. The molecule has 0 bridgehead atoms. The summed E-state index contributed by atoms with van der Waals surface area (Å²) in [4.78, 5) is 32.2. The van der Waals surface area contributed by atoms with Crippen molar-refractivity contribution in [3.8, 4) is 0 Å². The first-order valence-corrected chi connectivity index (χ1v) is 13.3. The Morgan fingerprint density at radius 1 is 1.31 bits per heavy atom. The SMILES string of the molecule is Cc1ccc(NC(=O)CSc2nc3sc4c(c3c(=O)n2C)CCC4)cc1S(=O)(=O)N(C)C. The number of aryl methyl sites for hydroxylation is 3. The molecule has 0 radical (unpaired) electrons. The number of amides is 1. The lowest BCUT2D eigenvalue weighted by atomic mass is 10.2. The van der Waals surface area contributed by atoms with Gasteiger partial charge in [-0.2, -0.15) is 0 Å². The molecule has 0 saturated heterocycles. The van der Waals surface area contributed by atoms with Crippen molar-refractivity contribution in [1.29, 1.82) is 0 Å². The van der Waals surface area contributed by atoms with Crippen LogP contribution in [0, 0.1) is 6.92 Å². The summed E-state index contributed by atoms with van der Waals surface area (Å²) < 4.78 is 27.6. The molecule has 0 atom stereocenters. The molecule has 8 nitrogen and oxygen atoms in total. The van der Waals surface area contributed by atoms with Gasteiger partial charge in [0.2, 0.25) is 15.9 Å². The number of nitrogens with one attached hydrogen (secondary N) is 1. The molecule has 0 fully saturated rings. The number of carbonyl (C=O) groups excluding carboxylic acids is 1. The van der Waals surface area contributed by atoms with Gasteiger partial charge in [0.1, 0.15) is 4.83 Å². The van der Waals surface area contributed by atoms with Crippen LogP contribution in [-0.4, -0.2) is 48.0 Å². The number of hydrogen-bond donors (Lipinski definition) is 1. The summed E-state index contributed by atoms with van der Waals surface area (Å²) in [5.74, 6) is -0.268. The number of aromatic nitrogens is 2. The van der Waals surface area contributed by atoms with E-state index in [0.717, 1.165) is 34.0 Å². The lowest BCUT2D eigenvalue weighted by Crippen LogP contribution is -2.23. The number of thiophene rings is 1. The van der Waals surface area contributed by atoms with Gasteiger partial charge in [-0.05, 0) is 49.4 Å². The van der Waals surface area contributed by atoms with Crippen LogP contribution < -0.4 is 10.9 Å². The third-order valence-electron chi connectivity index (χ3n) is 5.47. The van der Waals surface area contributed by atoms with Crippen LogP contribution in [0.4, 0.5) is 5.69 Å². The number of hydrogen-bond acceptors (Lipinski definition) is 7. The molecule has 11 heteroatoms. The normalized spacial score (nSPS) is 13.7. The highest BCUT2D eigenvalue weighted by Gasteiger charge is 2.23. The van der Waals surface area contributed by atoms with E-state index in [-0.39, 0.29) is 22.1 Å². The van der Waals surface area contributed by atoms with Crippen molar-refractivity contribution >= 4 is 54.9 Å². The molecule has 1 aliphatic carbocycles. The second-order valence-corrected chi connectivity index (χ2v) is 12.0. The Morgan fingerprint density at radius 2 is 2.06 bits per heavy atom. The molecule has 1 N–H and O–H groups in total. The summed E-state index contributed by atoms with van der Waals surface area (Å²) in [6.45, 7) is 1.71. The molecule has 0 spiro atoms. The fourth-order valence-corrected chi connectivity index (χ4v) is 6.93. The molecule has 2 aromatic heterocycles. The number of carbonyl (C=O) groups is 1. The zero-order chi connectivity index (χ0) is 23.2. The minimum Gasteiger partial charge on any atom is -0.325 e. The van der Waals surface area contributed by atoms with Gasteiger partial charge in [0.25, 0.3) is 5.56 Å². The fourth-order valence-electron chi connectivity index (χ4n) is 3.71. The molecule has 1 aliphatic rings. The van der Waals surface area contributed by atoms with Crippen molar-refractivity contribution in [1.82, 2.24) is 13.9 Å². The number of anilines is 1. The van der Waals surface area contributed by atoms with Crippen LogP contribution in [0.3, 0.4) is 0 Å². The number of fused-ring (bicyclic) bond motifs is 3. The van der Waals surface area contributed by atoms with E-state index in [1.54, 1.807) is 37.4 Å². The van der Waals surface area contributed by atoms with E-state index in [1.165, 1.54) is 41.4 Å². The molecular weight excluding hydrogens is 468 g/mol. The van der Waals surface area contributed by atoms with Gasteiger partial charge in [-0.25, -0.2) is 17.7 Å². The lowest BCUT2D eigenvalue weighted by molar-refractivity contribution is -0.113. The summed E-state index contributed by atoms with van der Waals surface area (Å²) in [5.41, 5.74) is 2.06. The molecule has 0 unspecified atom stereocenters. The molecule has 32 heavy (non-hydrogen) atoms. The monoisotopic (exact) mass is 492 g/mol. The summed E-state index contributed by atoms with van der Waals surface area (Å²) in [6, 6.07) is 4.79. The quantitative estimate of drug-likeness (QED) is 0.419. The van der Waals surface area contributed by atoms with Gasteiger partial charge >= 0.3 is 0 Å². The number of nitrogens with zero attached hydrogens (tertiary/aromatic N) is 3. The molecule has 0 saturated carbocycles. The van der Waals surface area contributed by atoms with Crippen molar-refractivity contribution in [2.24, 2.45) is 7.05 Å². The minimum atomic E-state index is -3.62. The van der Waals surface area contributed by atoms with Crippen LogP contribution in [0.5, 0.6) is 0 Å². The number of thioether (sulfide) groups is 1. The highest BCUT2D eigenvalue weighted by Crippen LogP contribution is 2.35. The van der Waals surface area contributed by atoms with Crippen molar-refractivity contribution in [2.75, 3.05) is 25.2 Å². The van der Waals surface area contributed by atoms with Gasteiger partial charge in [0.05, 0.1) is 16.0 Å². The summed E-state index contributed by atoms with van der Waals surface area (Å²) in [7, 11) is 0.982. The standard InChI is InChI=1S/C21H24N4O4S3/c1-12-8-9-13(10-16(12)32(28,29)24(2)3)22-17(26)11-30-21-23-19-18(20(27)25(21)4)14-6-5-7-15(14)31-19/h8-10H,5-7,11H2,1-4H3,(H,22,26). The number of sulfonamides is 1. The van der Waals surface area contributed by atoms with Crippen LogP contribution in [0.1, 0.15) is 22.4 Å². The van der Waals surface area contributed by atoms with E-state index in [9.17, 15) is 18.0 Å². The summed E-state index contributed by atoms with van der Waals surface area (Å²) >= 11 is 2.75. The van der Waals surface area contributed by atoms with Gasteiger partial charge in [0.15, 0.2) is 5.16 Å². The zero-order valence-electron chi connectivity index (χ0n) is 18.3. The molecule has 1 aromatic carbocycles. The van der Waals surface area contributed by atoms with Crippen LogP contribution in [-0.2, 0) is 34.7 Å². The average Bonchev–Trinajstić information content (AvgIpc) is 3.31. The molecule has 4 rings (SSSR count). The smallest absolute Gasteiger partial charge is 0.262 e. The minimum absolute atomic E-state index is 0.0422. The molecule has 170 valence electrons. The number of rotatable bonds is 6. The highest BCUT2D eigenvalue weighted by atomic mass is 32.2. The van der Waals surface area contributed by atoms with Gasteiger partial charge in [-0.3, -0.25) is 14.2 Å². The van der Waals surface area contributed by atoms with E-state index in [1.807, 2.05) is 0 Å².